The second kappa shape index (κ2) is 12.5. The van der Waals surface area contributed by atoms with Gasteiger partial charge in [0.15, 0.2) is 0 Å². The summed E-state index contributed by atoms with van der Waals surface area (Å²) in [6, 6.07) is -0.833. The highest BCUT2D eigenvalue weighted by molar-refractivity contribution is 5.69. The van der Waals surface area contributed by atoms with Crippen LogP contribution in [0.25, 0.3) is 0 Å². The summed E-state index contributed by atoms with van der Waals surface area (Å²) in [6.45, 7) is 8.21. The zero-order valence-corrected chi connectivity index (χ0v) is 8.69. The van der Waals surface area contributed by atoms with Crippen molar-refractivity contribution in [3.8, 4) is 0 Å². The summed E-state index contributed by atoms with van der Waals surface area (Å²) in [5.74, 6) is 0. The Kier molecular flexibility index (Phi) is 13.2. The Labute approximate surface area is 89.6 Å². The van der Waals surface area contributed by atoms with Gasteiger partial charge in [-0.25, -0.2) is 4.79 Å². The Morgan fingerprint density at radius 3 is 2.47 bits per heavy atom. The van der Waals surface area contributed by atoms with Gasteiger partial charge in [0, 0.05) is 6.54 Å². The van der Waals surface area contributed by atoms with Crippen molar-refractivity contribution in [3.63, 3.8) is 0 Å². The van der Waals surface area contributed by atoms with Gasteiger partial charge in [-0.2, -0.15) is 0 Å². The molecule has 6 nitrogen and oxygen atoms in total. The summed E-state index contributed by atoms with van der Waals surface area (Å²) in [7, 11) is 0. The van der Waals surface area contributed by atoms with E-state index in [1.807, 2.05) is 0 Å². The molecule has 0 aliphatic rings. The van der Waals surface area contributed by atoms with Crippen LogP contribution in [-0.2, 0) is 4.74 Å². The molecule has 0 bridgehead atoms. The highest BCUT2D eigenvalue weighted by Gasteiger charge is 2.00. The largest absolute Gasteiger partial charge is 0.389 e. The van der Waals surface area contributed by atoms with E-state index >= 15 is 0 Å². The fourth-order valence-corrected chi connectivity index (χ4v) is 0.566. The third kappa shape index (κ3) is 24.5. The zero-order valence-electron chi connectivity index (χ0n) is 8.69. The first-order chi connectivity index (χ1) is 7.04. The van der Waals surface area contributed by atoms with Crippen molar-refractivity contribution in [1.29, 1.82) is 0 Å². The van der Waals surface area contributed by atoms with E-state index in [2.05, 4.69) is 29.9 Å². The first-order valence-electron chi connectivity index (χ1n) is 4.30. The maximum Gasteiger partial charge on any atom is 0.309 e. The van der Waals surface area contributed by atoms with E-state index in [9.17, 15) is 0 Å². The lowest BCUT2D eigenvalue weighted by molar-refractivity contribution is 0.0513. The number of nitrogens with one attached hydrogen (secondary N) is 1. The standard InChI is InChI=1S/C8H15NO2.CH4N2O/c1-3-5-11-7-8(10)6-9-4-2;2-1(3)4/h3-4,8-10H,1-2,5-7H2;(H4,2,3,4). The number of amides is 2. The number of hydrogen-bond acceptors (Lipinski definition) is 4. The van der Waals surface area contributed by atoms with Gasteiger partial charge in [-0.05, 0) is 6.20 Å². The molecule has 0 saturated heterocycles. The number of primary amides is 2. The molecule has 0 aromatic heterocycles. The lowest BCUT2D eigenvalue weighted by atomic mass is 10.4. The molecule has 0 rings (SSSR count). The second-order valence-corrected chi connectivity index (χ2v) is 2.49. The predicted octanol–water partition coefficient (Wildman–Crippen LogP) is -0.693. The number of aliphatic hydroxyl groups is 1. The molecule has 0 aliphatic heterocycles. The molecule has 0 aromatic rings. The first-order valence-corrected chi connectivity index (χ1v) is 4.30. The molecule has 0 heterocycles. The minimum Gasteiger partial charge on any atom is -0.389 e. The molecule has 6 N–H and O–H groups in total. The molecule has 1 unspecified atom stereocenters. The predicted molar refractivity (Wildman–Crippen MR) is 59.0 cm³/mol. The molecule has 0 saturated carbocycles. The van der Waals surface area contributed by atoms with E-state index in [1.165, 1.54) is 6.20 Å². The molecule has 88 valence electrons. The van der Waals surface area contributed by atoms with E-state index in [-0.39, 0.29) is 0 Å². The average Bonchev–Trinajstić information content (AvgIpc) is 2.14. The molecular formula is C9H19N3O3. The number of hydrogen-bond donors (Lipinski definition) is 4. The van der Waals surface area contributed by atoms with Crippen LogP contribution in [0.4, 0.5) is 4.79 Å². The van der Waals surface area contributed by atoms with Crippen LogP contribution in [0.1, 0.15) is 0 Å². The summed E-state index contributed by atoms with van der Waals surface area (Å²) < 4.78 is 5.00. The Morgan fingerprint density at radius 2 is 2.07 bits per heavy atom. The molecule has 0 spiro atoms. The summed E-state index contributed by atoms with van der Waals surface area (Å²) in [5, 5.41) is 11.9. The number of carbonyl (C=O) groups is 1. The average molecular weight is 217 g/mol. The van der Waals surface area contributed by atoms with E-state index in [0.29, 0.717) is 19.8 Å². The van der Waals surface area contributed by atoms with Crippen molar-refractivity contribution < 1.29 is 14.6 Å². The van der Waals surface area contributed by atoms with Gasteiger partial charge in [0.05, 0.1) is 19.3 Å². The minimum absolute atomic E-state index is 0.326. The van der Waals surface area contributed by atoms with E-state index in [0.717, 1.165) is 0 Å². The first kappa shape index (κ1) is 15.9. The molecular weight excluding hydrogens is 198 g/mol. The fraction of sp³-hybridized carbons (Fsp3) is 0.444. The Morgan fingerprint density at radius 1 is 1.53 bits per heavy atom. The molecule has 1 atom stereocenters. The molecule has 6 heteroatoms. The molecule has 0 radical (unpaired) electrons. The Bertz CT molecular complexity index is 181. The van der Waals surface area contributed by atoms with Gasteiger partial charge >= 0.3 is 6.03 Å². The number of urea groups is 1. The summed E-state index contributed by atoms with van der Waals surface area (Å²) in [6.07, 6.45) is 2.71. The SMILES string of the molecule is C=CCOCC(O)CNC=C.NC(N)=O. The zero-order chi connectivity index (χ0) is 12.1. The quantitative estimate of drug-likeness (QED) is 0.334. The van der Waals surface area contributed by atoms with E-state index in [1.54, 1.807) is 6.08 Å². The van der Waals surface area contributed by atoms with Crippen molar-refractivity contribution in [3.05, 3.63) is 25.4 Å². The number of carbonyl (C=O) groups excluding carboxylic acids is 1. The van der Waals surface area contributed by atoms with Crippen molar-refractivity contribution in [2.75, 3.05) is 19.8 Å². The molecule has 2 amide bonds. The van der Waals surface area contributed by atoms with Crippen molar-refractivity contribution >= 4 is 6.03 Å². The van der Waals surface area contributed by atoms with Crippen molar-refractivity contribution in [2.24, 2.45) is 11.5 Å². The number of nitrogens with two attached hydrogens (primary N) is 2. The summed E-state index contributed by atoms with van der Waals surface area (Å²) in [5.41, 5.74) is 8.50. The van der Waals surface area contributed by atoms with Crippen LogP contribution in [0.15, 0.2) is 25.4 Å². The van der Waals surface area contributed by atoms with Crippen LogP contribution in [-0.4, -0.2) is 37.0 Å². The number of ether oxygens (including phenoxy) is 1. The monoisotopic (exact) mass is 217 g/mol. The van der Waals surface area contributed by atoms with Gasteiger partial charge in [-0.15, -0.1) is 6.58 Å². The van der Waals surface area contributed by atoms with Crippen LogP contribution >= 0.6 is 0 Å². The van der Waals surface area contributed by atoms with Crippen LogP contribution in [0.2, 0.25) is 0 Å². The third-order valence-electron chi connectivity index (χ3n) is 1.04. The molecule has 0 fully saturated rings. The number of rotatable bonds is 7. The van der Waals surface area contributed by atoms with Gasteiger partial charge in [0.25, 0.3) is 0 Å². The smallest absolute Gasteiger partial charge is 0.309 e. The highest BCUT2D eigenvalue weighted by atomic mass is 16.5. The lowest BCUT2D eigenvalue weighted by Gasteiger charge is -2.09. The minimum atomic E-state index is -0.833. The third-order valence-corrected chi connectivity index (χ3v) is 1.04. The lowest BCUT2D eigenvalue weighted by Crippen LogP contribution is -2.27. The van der Waals surface area contributed by atoms with Crippen LogP contribution in [0.3, 0.4) is 0 Å². The maximum absolute atomic E-state index is 9.14. The van der Waals surface area contributed by atoms with Crippen LogP contribution in [0, 0.1) is 0 Å². The molecule has 15 heavy (non-hydrogen) atoms. The Hall–Kier alpha value is -1.53. The number of aliphatic hydroxyl groups excluding tert-OH is 1. The highest BCUT2D eigenvalue weighted by Crippen LogP contribution is 1.83. The van der Waals surface area contributed by atoms with Gasteiger partial charge in [0.2, 0.25) is 0 Å². The van der Waals surface area contributed by atoms with Gasteiger partial charge < -0.3 is 26.6 Å². The van der Waals surface area contributed by atoms with Crippen molar-refractivity contribution in [1.82, 2.24) is 5.32 Å². The molecule has 0 aromatic carbocycles. The second-order valence-electron chi connectivity index (χ2n) is 2.49. The van der Waals surface area contributed by atoms with Gasteiger partial charge in [0.1, 0.15) is 0 Å². The molecule has 0 aliphatic carbocycles. The fourth-order valence-electron chi connectivity index (χ4n) is 0.566. The summed E-state index contributed by atoms with van der Waals surface area (Å²) >= 11 is 0. The van der Waals surface area contributed by atoms with Gasteiger partial charge in [-0.1, -0.05) is 12.7 Å². The van der Waals surface area contributed by atoms with E-state index in [4.69, 9.17) is 14.6 Å². The van der Waals surface area contributed by atoms with Crippen LogP contribution < -0.4 is 16.8 Å². The van der Waals surface area contributed by atoms with Crippen molar-refractivity contribution in [2.45, 2.75) is 6.10 Å². The normalized spacial score (nSPS) is 10.5. The maximum atomic E-state index is 9.14. The topological polar surface area (TPSA) is 111 Å². The van der Waals surface area contributed by atoms with E-state index < -0.39 is 12.1 Å². The van der Waals surface area contributed by atoms with Gasteiger partial charge in [-0.3, -0.25) is 0 Å². The van der Waals surface area contributed by atoms with Crippen LogP contribution in [0.5, 0.6) is 0 Å². The summed E-state index contributed by atoms with van der Waals surface area (Å²) in [4.78, 5) is 9.00. The Balaban J connectivity index is 0.